The lowest BCUT2D eigenvalue weighted by molar-refractivity contribution is -0.139. The molecule has 2 aliphatic heterocycles. The molecule has 4 rings (SSSR count). The van der Waals surface area contributed by atoms with Crippen LogP contribution in [0.25, 0.3) is 11.1 Å². The zero-order valence-corrected chi connectivity index (χ0v) is 21.0. The normalized spacial score (nSPS) is 18.3. The minimum atomic E-state index is -0.588. The third-order valence-electron chi connectivity index (χ3n) is 6.16. The second-order valence-corrected chi connectivity index (χ2v) is 10.0. The van der Waals surface area contributed by atoms with Crippen LogP contribution in [0.2, 0.25) is 0 Å². The molecule has 2 fully saturated rings. The predicted molar refractivity (Wildman–Crippen MR) is 132 cm³/mol. The van der Waals surface area contributed by atoms with E-state index >= 15 is 0 Å². The van der Waals surface area contributed by atoms with E-state index in [9.17, 15) is 18.8 Å². The molecule has 11 heteroatoms. The molecule has 0 bridgehead atoms. The molecule has 0 radical (unpaired) electrons. The van der Waals surface area contributed by atoms with E-state index in [4.69, 9.17) is 4.74 Å². The summed E-state index contributed by atoms with van der Waals surface area (Å²) >= 11 is 0. The SMILES string of the molecule is CC(=O)NC[C@H]1CN(c2ccc(-c3cnc(N4CCN(C(=O)C(C)(C)C)CC4)nc3)c(F)c2)C(=O)O1. The summed E-state index contributed by atoms with van der Waals surface area (Å²) in [4.78, 5) is 49.8. The number of nitrogens with zero attached hydrogens (tertiary/aromatic N) is 5. The molecule has 1 aromatic heterocycles. The molecule has 192 valence electrons. The first-order chi connectivity index (χ1) is 17.0. The topological polar surface area (TPSA) is 108 Å². The summed E-state index contributed by atoms with van der Waals surface area (Å²) in [5.74, 6) is -0.0752. The first kappa shape index (κ1) is 25.3. The number of carbonyl (C=O) groups excluding carboxylic acids is 3. The molecule has 36 heavy (non-hydrogen) atoms. The standard InChI is InChI=1S/C25H31FN6O4/c1-16(33)27-14-19-15-32(24(35)36-19)18-5-6-20(21(26)11-18)17-12-28-23(29-13-17)31-9-7-30(8-10-31)22(34)25(2,3)4/h5-6,11-13,19H,7-10,14-15H2,1-4H3,(H,27,33)/t19-/m0/s1. The van der Waals surface area contributed by atoms with Crippen LogP contribution in [0.4, 0.5) is 20.8 Å². The molecular weight excluding hydrogens is 467 g/mol. The Balaban J connectivity index is 1.40. The smallest absolute Gasteiger partial charge is 0.414 e. The highest BCUT2D eigenvalue weighted by atomic mass is 19.1. The molecule has 1 atom stereocenters. The number of anilines is 2. The van der Waals surface area contributed by atoms with Crippen LogP contribution in [0.15, 0.2) is 30.6 Å². The average molecular weight is 499 g/mol. The number of amides is 3. The Hall–Kier alpha value is -3.76. The van der Waals surface area contributed by atoms with Crippen LogP contribution in [0.3, 0.4) is 0 Å². The predicted octanol–water partition coefficient (Wildman–Crippen LogP) is 2.44. The Bertz CT molecular complexity index is 1140. The highest BCUT2D eigenvalue weighted by Crippen LogP contribution is 2.29. The largest absolute Gasteiger partial charge is 0.442 e. The summed E-state index contributed by atoms with van der Waals surface area (Å²) in [7, 11) is 0. The fourth-order valence-electron chi connectivity index (χ4n) is 4.21. The number of cyclic esters (lactones) is 1. The van der Waals surface area contributed by atoms with Crippen LogP contribution in [0, 0.1) is 11.2 Å². The van der Waals surface area contributed by atoms with Gasteiger partial charge in [-0.15, -0.1) is 0 Å². The Labute approximate surface area is 209 Å². The third-order valence-corrected chi connectivity index (χ3v) is 6.16. The summed E-state index contributed by atoms with van der Waals surface area (Å²) in [6.07, 6.45) is 2.05. The molecule has 3 heterocycles. The zero-order chi connectivity index (χ0) is 26.0. The van der Waals surface area contributed by atoms with Gasteiger partial charge in [0.05, 0.1) is 18.8 Å². The fraction of sp³-hybridized carbons (Fsp3) is 0.480. The third kappa shape index (κ3) is 5.55. The molecule has 0 unspecified atom stereocenters. The highest BCUT2D eigenvalue weighted by molar-refractivity contribution is 5.90. The average Bonchev–Trinajstić information content (AvgIpc) is 3.22. The molecule has 1 N–H and O–H groups in total. The van der Waals surface area contributed by atoms with E-state index in [1.165, 1.54) is 17.9 Å². The number of piperazine rings is 1. The number of hydrogen-bond acceptors (Lipinski definition) is 7. The van der Waals surface area contributed by atoms with Crippen molar-refractivity contribution in [2.24, 2.45) is 5.41 Å². The number of ether oxygens (including phenoxy) is 1. The Morgan fingerprint density at radius 2 is 1.81 bits per heavy atom. The van der Waals surface area contributed by atoms with Gasteiger partial charge in [0.2, 0.25) is 17.8 Å². The number of nitrogens with one attached hydrogen (secondary N) is 1. The number of carbonyl (C=O) groups is 3. The van der Waals surface area contributed by atoms with E-state index in [0.717, 1.165) is 0 Å². The van der Waals surface area contributed by atoms with Crippen LogP contribution in [-0.4, -0.2) is 78.1 Å². The van der Waals surface area contributed by atoms with Crippen molar-refractivity contribution in [1.82, 2.24) is 20.2 Å². The minimum Gasteiger partial charge on any atom is -0.442 e. The summed E-state index contributed by atoms with van der Waals surface area (Å²) in [6.45, 7) is 9.98. The van der Waals surface area contributed by atoms with Crippen molar-refractivity contribution < 1.29 is 23.5 Å². The Morgan fingerprint density at radius 3 is 2.39 bits per heavy atom. The summed E-state index contributed by atoms with van der Waals surface area (Å²) in [5.41, 5.74) is 0.778. The van der Waals surface area contributed by atoms with Gasteiger partial charge in [-0.1, -0.05) is 20.8 Å². The second kappa shape index (κ2) is 10.1. The van der Waals surface area contributed by atoms with Gasteiger partial charge in [0.1, 0.15) is 11.9 Å². The first-order valence-corrected chi connectivity index (χ1v) is 11.9. The fourth-order valence-corrected chi connectivity index (χ4v) is 4.21. The monoisotopic (exact) mass is 498 g/mol. The zero-order valence-electron chi connectivity index (χ0n) is 21.0. The second-order valence-electron chi connectivity index (χ2n) is 10.0. The van der Waals surface area contributed by atoms with E-state index in [1.54, 1.807) is 24.5 Å². The van der Waals surface area contributed by atoms with E-state index in [-0.39, 0.29) is 24.9 Å². The maximum Gasteiger partial charge on any atom is 0.414 e. The highest BCUT2D eigenvalue weighted by Gasteiger charge is 2.33. The molecule has 2 saturated heterocycles. The molecule has 0 spiro atoms. The number of rotatable bonds is 5. The van der Waals surface area contributed by atoms with Gasteiger partial charge in [0.25, 0.3) is 0 Å². The number of halogens is 1. The van der Waals surface area contributed by atoms with E-state index in [2.05, 4.69) is 15.3 Å². The molecule has 0 aliphatic carbocycles. The van der Waals surface area contributed by atoms with Gasteiger partial charge in [-0.3, -0.25) is 14.5 Å². The lowest BCUT2D eigenvalue weighted by atomic mass is 9.94. The van der Waals surface area contributed by atoms with Crippen LogP contribution >= 0.6 is 0 Å². The van der Waals surface area contributed by atoms with Gasteiger partial charge in [0, 0.05) is 62.0 Å². The van der Waals surface area contributed by atoms with Gasteiger partial charge >= 0.3 is 6.09 Å². The van der Waals surface area contributed by atoms with E-state index in [0.29, 0.717) is 48.9 Å². The summed E-state index contributed by atoms with van der Waals surface area (Å²) < 4.78 is 20.2. The molecule has 0 saturated carbocycles. The van der Waals surface area contributed by atoms with Gasteiger partial charge in [-0.05, 0) is 18.2 Å². The molecule has 3 amide bonds. The Kier molecular flexibility index (Phi) is 7.09. The van der Waals surface area contributed by atoms with Gasteiger partial charge in [0.15, 0.2) is 0 Å². The van der Waals surface area contributed by atoms with Crippen molar-refractivity contribution in [1.29, 1.82) is 0 Å². The maximum absolute atomic E-state index is 15.0. The van der Waals surface area contributed by atoms with Crippen molar-refractivity contribution >= 4 is 29.5 Å². The quantitative estimate of drug-likeness (QED) is 0.675. The van der Waals surface area contributed by atoms with Gasteiger partial charge in [-0.2, -0.15) is 0 Å². The van der Waals surface area contributed by atoms with E-state index in [1.807, 2.05) is 30.6 Å². The van der Waals surface area contributed by atoms with Crippen molar-refractivity contribution in [3.05, 3.63) is 36.4 Å². The van der Waals surface area contributed by atoms with Crippen molar-refractivity contribution in [3.63, 3.8) is 0 Å². The molecule has 2 aromatic rings. The summed E-state index contributed by atoms with van der Waals surface area (Å²) in [5, 5.41) is 2.61. The van der Waals surface area contributed by atoms with Crippen LogP contribution in [-0.2, 0) is 14.3 Å². The van der Waals surface area contributed by atoms with Crippen molar-refractivity contribution in [2.75, 3.05) is 49.1 Å². The summed E-state index contributed by atoms with van der Waals surface area (Å²) in [6, 6.07) is 4.49. The van der Waals surface area contributed by atoms with Gasteiger partial charge in [-0.25, -0.2) is 19.2 Å². The first-order valence-electron chi connectivity index (χ1n) is 11.9. The molecule has 10 nitrogen and oxygen atoms in total. The van der Waals surface area contributed by atoms with Crippen molar-refractivity contribution in [2.45, 2.75) is 33.8 Å². The van der Waals surface area contributed by atoms with Gasteiger partial charge < -0.3 is 19.9 Å². The van der Waals surface area contributed by atoms with E-state index < -0.39 is 23.4 Å². The van der Waals surface area contributed by atoms with Crippen molar-refractivity contribution in [3.8, 4) is 11.1 Å². The molecular formula is C25H31FN6O4. The molecule has 1 aromatic carbocycles. The minimum absolute atomic E-state index is 0.128. The maximum atomic E-state index is 15.0. The van der Waals surface area contributed by atoms with Crippen LogP contribution < -0.4 is 15.1 Å². The number of aromatic nitrogens is 2. The van der Waals surface area contributed by atoms with Crippen LogP contribution in [0.5, 0.6) is 0 Å². The molecule has 2 aliphatic rings. The lowest BCUT2D eigenvalue weighted by Gasteiger charge is -2.37. The van der Waals surface area contributed by atoms with Crippen LogP contribution in [0.1, 0.15) is 27.7 Å². The lowest BCUT2D eigenvalue weighted by Crippen LogP contribution is -2.52. The Morgan fingerprint density at radius 1 is 1.14 bits per heavy atom. The number of benzene rings is 1. The number of hydrogen-bond donors (Lipinski definition) is 1.